The van der Waals surface area contributed by atoms with E-state index in [0.717, 1.165) is 6.42 Å². The molecule has 1 unspecified atom stereocenters. The predicted molar refractivity (Wildman–Crippen MR) is 124 cm³/mol. The molecule has 1 saturated heterocycles. The monoisotopic (exact) mass is 540 g/mol. The van der Waals surface area contributed by atoms with E-state index in [0.29, 0.717) is 6.42 Å². The van der Waals surface area contributed by atoms with Crippen molar-refractivity contribution in [2.45, 2.75) is 109 Å². The zero-order valence-corrected chi connectivity index (χ0v) is 21.9. The zero-order chi connectivity index (χ0) is 28.6. The third-order valence-corrected chi connectivity index (χ3v) is 6.75. The van der Waals surface area contributed by atoms with Gasteiger partial charge in [0, 0.05) is 29.8 Å². The summed E-state index contributed by atoms with van der Waals surface area (Å²) in [5.41, 5.74) is -1.53. The quantitative estimate of drug-likeness (QED) is 0.337. The van der Waals surface area contributed by atoms with Crippen LogP contribution in [-0.4, -0.2) is 59.4 Å². The number of carbonyl (C=O) groups is 4. The first-order chi connectivity index (χ1) is 16.6. The van der Waals surface area contributed by atoms with Gasteiger partial charge in [0.1, 0.15) is 12.1 Å². The average Bonchev–Trinajstić information content (AvgIpc) is 3.31. The molecule has 2 fully saturated rings. The summed E-state index contributed by atoms with van der Waals surface area (Å²) in [4.78, 5) is 49.8. The molecule has 2 rings (SSSR count). The van der Waals surface area contributed by atoms with Crippen LogP contribution in [0.15, 0.2) is 0 Å². The van der Waals surface area contributed by atoms with Crippen molar-refractivity contribution < 1.29 is 41.1 Å². The fourth-order valence-electron chi connectivity index (χ4n) is 4.40. The Hall–Kier alpha value is -2.47. The lowest BCUT2D eigenvalue weighted by Crippen LogP contribution is -2.60. The fraction of sp³-hybridized carbons (Fsp3) is 0.833. The number of halogens is 5. The van der Waals surface area contributed by atoms with Crippen molar-refractivity contribution >= 4 is 23.6 Å². The maximum atomic E-state index is 13.6. The summed E-state index contributed by atoms with van der Waals surface area (Å²) >= 11 is 0. The third-order valence-electron chi connectivity index (χ3n) is 6.75. The van der Waals surface area contributed by atoms with Gasteiger partial charge in [-0.3, -0.25) is 19.2 Å². The van der Waals surface area contributed by atoms with E-state index in [4.69, 9.17) is 0 Å². The van der Waals surface area contributed by atoms with Gasteiger partial charge in [-0.05, 0) is 51.9 Å². The van der Waals surface area contributed by atoms with Crippen LogP contribution in [-0.2, 0) is 19.2 Å². The van der Waals surface area contributed by atoms with Gasteiger partial charge in [0.15, 0.2) is 0 Å². The second-order valence-electron chi connectivity index (χ2n) is 12.0. The Kier molecular flexibility index (Phi) is 8.91. The first-order valence-electron chi connectivity index (χ1n) is 12.3. The fourth-order valence-corrected chi connectivity index (χ4v) is 4.40. The van der Waals surface area contributed by atoms with Gasteiger partial charge >= 0.3 is 12.1 Å². The largest absolute Gasteiger partial charge is 0.471 e. The molecule has 1 aliphatic heterocycles. The van der Waals surface area contributed by atoms with Gasteiger partial charge in [0.25, 0.3) is 5.92 Å². The maximum absolute atomic E-state index is 13.6. The highest BCUT2D eigenvalue weighted by molar-refractivity contribution is 5.93. The van der Waals surface area contributed by atoms with Crippen molar-refractivity contribution in [3.63, 3.8) is 0 Å². The molecule has 4 amide bonds. The smallest absolute Gasteiger partial charge is 0.352 e. The number of amides is 4. The molecule has 13 heteroatoms. The molecular formula is C24H37F5N4O4. The molecule has 0 aromatic heterocycles. The first-order valence-corrected chi connectivity index (χ1v) is 12.3. The molecule has 0 radical (unpaired) electrons. The molecule has 212 valence electrons. The molecule has 1 heterocycles. The highest BCUT2D eigenvalue weighted by Crippen LogP contribution is 2.51. The summed E-state index contributed by atoms with van der Waals surface area (Å²) in [7, 11) is 0. The molecule has 1 saturated carbocycles. The highest BCUT2D eigenvalue weighted by atomic mass is 19.4. The molecule has 0 spiro atoms. The predicted octanol–water partition coefficient (Wildman–Crippen LogP) is 2.81. The molecule has 4 N–H and O–H groups in total. The topological polar surface area (TPSA) is 116 Å². The van der Waals surface area contributed by atoms with Gasteiger partial charge in [-0.2, -0.15) is 13.2 Å². The van der Waals surface area contributed by atoms with E-state index in [9.17, 15) is 41.1 Å². The summed E-state index contributed by atoms with van der Waals surface area (Å²) in [5.74, 6) is -8.94. The Morgan fingerprint density at radius 1 is 1.03 bits per heavy atom. The van der Waals surface area contributed by atoms with E-state index in [1.165, 1.54) is 20.8 Å². The molecule has 2 aliphatic rings. The van der Waals surface area contributed by atoms with E-state index < -0.39 is 72.1 Å². The number of alkyl halides is 5. The van der Waals surface area contributed by atoms with Gasteiger partial charge < -0.3 is 21.3 Å². The van der Waals surface area contributed by atoms with Gasteiger partial charge in [-0.1, -0.05) is 20.8 Å². The van der Waals surface area contributed by atoms with Gasteiger partial charge in [0.05, 0.1) is 0 Å². The molecular weight excluding hydrogens is 503 g/mol. The van der Waals surface area contributed by atoms with E-state index in [2.05, 4.69) is 16.0 Å². The second-order valence-corrected chi connectivity index (χ2v) is 12.0. The van der Waals surface area contributed by atoms with Crippen molar-refractivity contribution in [3.05, 3.63) is 0 Å². The highest BCUT2D eigenvalue weighted by Gasteiger charge is 2.57. The first kappa shape index (κ1) is 30.8. The standard InChI is InChI=1S/C24H37F5N4O4/c1-12(9-13-7-8-22(5,6)33-17(13)34)30-18(35)15(10-14-11-23(14,25)26)31-19(36)16(21(2,3)4)32-20(37)24(27,28)29/h12-16H,7-11H2,1-6H3,(H,30,35)(H,31,36)(H,32,37)(H,33,34)/t12-,13+,14?,15+,16-/m1/s1. The van der Waals surface area contributed by atoms with Crippen LogP contribution in [0, 0.1) is 17.3 Å². The van der Waals surface area contributed by atoms with E-state index >= 15 is 0 Å². The number of nitrogens with one attached hydrogen (secondary N) is 4. The molecule has 1 aliphatic carbocycles. The van der Waals surface area contributed by atoms with Gasteiger partial charge in [-0.15, -0.1) is 0 Å². The second kappa shape index (κ2) is 10.7. The lowest BCUT2D eigenvalue weighted by molar-refractivity contribution is -0.175. The Balaban J connectivity index is 2.11. The SMILES string of the molecule is C[C@H](C[C@@H]1CCC(C)(C)NC1=O)NC(=O)[C@H](CC1CC1(F)F)NC(=O)[C@@H](NC(=O)C(F)(F)F)C(C)(C)C. The number of carbonyl (C=O) groups excluding carboxylic acids is 4. The van der Waals surface area contributed by atoms with E-state index in [1.807, 2.05) is 13.8 Å². The number of hydrogen-bond donors (Lipinski definition) is 4. The van der Waals surface area contributed by atoms with Crippen LogP contribution in [0.3, 0.4) is 0 Å². The van der Waals surface area contributed by atoms with Crippen LogP contribution < -0.4 is 21.3 Å². The van der Waals surface area contributed by atoms with Gasteiger partial charge in [-0.25, -0.2) is 8.78 Å². The van der Waals surface area contributed by atoms with Crippen LogP contribution in [0.5, 0.6) is 0 Å². The summed E-state index contributed by atoms with van der Waals surface area (Å²) in [6, 6.07) is -3.71. The minimum absolute atomic E-state index is 0.159. The van der Waals surface area contributed by atoms with E-state index in [-0.39, 0.29) is 23.8 Å². The lowest BCUT2D eigenvalue weighted by Gasteiger charge is -2.36. The molecule has 5 atom stereocenters. The zero-order valence-electron chi connectivity index (χ0n) is 21.9. The minimum atomic E-state index is -5.24. The van der Waals surface area contributed by atoms with Crippen LogP contribution in [0.1, 0.15) is 73.6 Å². The van der Waals surface area contributed by atoms with Crippen LogP contribution in [0.25, 0.3) is 0 Å². The molecule has 0 aromatic rings. The summed E-state index contributed by atoms with van der Waals surface area (Å²) in [5, 5.41) is 9.44. The van der Waals surface area contributed by atoms with Crippen molar-refractivity contribution in [3.8, 4) is 0 Å². The Morgan fingerprint density at radius 3 is 2.05 bits per heavy atom. The van der Waals surface area contributed by atoms with Crippen LogP contribution in [0.2, 0.25) is 0 Å². The maximum Gasteiger partial charge on any atom is 0.471 e. The number of rotatable bonds is 9. The van der Waals surface area contributed by atoms with Crippen molar-refractivity contribution in [2.24, 2.45) is 17.3 Å². The summed E-state index contributed by atoms with van der Waals surface area (Å²) in [6.07, 6.45) is -4.54. The molecule has 8 nitrogen and oxygen atoms in total. The van der Waals surface area contributed by atoms with Crippen molar-refractivity contribution in [1.29, 1.82) is 0 Å². The number of hydrogen-bond acceptors (Lipinski definition) is 4. The molecule has 0 bridgehead atoms. The minimum Gasteiger partial charge on any atom is -0.352 e. The van der Waals surface area contributed by atoms with Crippen molar-refractivity contribution in [2.75, 3.05) is 0 Å². The number of piperidine rings is 1. The summed E-state index contributed by atoms with van der Waals surface area (Å²) < 4.78 is 65.6. The normalized spacial score (nSPS) is 25.2. The Labute approximate surface area is 213 Å². The molecule has 37 heavy (non-hydrogen) atoms. The average molecular weight is 541 g/mol. The van der Waals surface area contributed by atoms with Crippen LogP contribution >= 0.6 is 0 Å². The van der Waals surface area contributed by atoms with Crippen molar-refractivity contribution in [1.82, 2.24) is 21.3 Å². The molecule has 0 aromatic carbocycles. The Morgan fingerprint density at radius 2 is 1.59 bits per heavy atom. The summed E-state index contributed by atoms with van der Waals surface area (Å²) in [6.45, 7) is 9.67. The van der Waals surface area contributed by atoms with E-state index in [1.54, 1.807) is 12.2 Å². The third kappa shape index (κ3) is 8.80. The Bertz CT molecular complexity index is 901. The van der Waals surface area contributed by atoms with Crippen LogP contribution in [0.4, 0.5) is 22.0 Å². The van der Waals surface area contributed by atoms with Gasteiger partial charge in [0.2, 0.25) is 17.7 Å². The lowest BCUT2D eigenvalue weighted by atomic mass is 9.83.